The first kappa shape index (κ1) is 24.0. The van der Waals surface area contributed by atoms with Gasteiger partial charge in [0.15, 0.2) is 0 Å². The number of hydrogen-bond donors (Lipinski definition) is 1. The summed E-state index contributed by atoms with van der Waals surface area (Å²) >= 11 is 5.97. The predicted molar refractivity (Wildman–Crippen MR) is 121 cm³/mol. The molecule has 33 heavy (non-hydrogen) atoms. The van der Waals surface area contributed by atoms with E-state index < -0.39 is 17.7 Å². The van der Waals surface area contributed by atoms with E-state index in [-0.39, 0.29) is 35.0 Å². The zero-order valence-electron chi connectivity index (χ0n) is 18.5. The van der Waals surface area contributed by atoms with Crippen molar-refractivity contribution in [2.75, 3.05) is 33.3 Å². The molecule has 1 spiro atoms. The number of nitrogens with zero attached hydrogens (tertiary/aromatic N) is 1. The lowest BCUT2D eigenvalue weighted by Crippen LogP contribution is -2.59. The average molecular weight is 481 g/mol. The molecule has 2 aliphatic heterocycles. The summed E-state index contributed by atoms with van der Waals surface area (Å²) < 4.78 is 48.2. The van der Waals surface area contributed by atoms with Crippen molar-refractivity contribution >= 4 is 17.5 Å². The number of nitrogens with one attached hydrogen (secondary N) is 1. The fourth-order valence-corrected chi connectivity index (χ4v) is 5.73. The van der Waals surface area contributed by atoms with Crippen molar-refractivity contribution in [2.45, 2.75) is 37.0 Å². The van der Waals surface area contributed by atoms with Gasteiger partial charge in [-0.3, -0.25) is 4.79 Å². The number of alkyl halides is 3. The minimum absolute atomic E-state index is 0.0482. The van der Waals surface area contributed by atoms with Gasteiger partial charge in [0.25, 0.3) is 11.5 Å². The Labute approximate surface area is 197 Å². The summed E-state index contributed by atoms with van der Waals surface area (Å²) in [5.74, 6) is -0.827. The number of carbonyl (C=O) groups excluding carboxylic acids is 1. The van der Waals surface area contributed by atoms with E-state index in [9.17, 15) is 18.0 Å². The lowest BCUT2D eigenvalue weighted by Gasteiger charge is -2.50. The molecule has 2 saturated heterocycles. The second-order valence-corrected chi connectivity index (χ2v) is 9.40. The van der Waals surface area contributed by atoms with E-state index >= 15 is 0 Å². The molecule has 4 rings (SSSR count). The molecule has 4 nitrogen and oxygen atoms in total. The van der Waals surface area contributed by atoms with Crippen LogP contribution in [0.2, 0.25) is 5.02 Å². The Morgan fingerprint density at radius 1 is 1.09 bits per heavy atom. The molecule has 0 saturated carbocycles. The monoisotopic (exact) mass is 480 g/mol. The second kappa shape index (κ2) is 9.28. The van der Waals surface area contributed by atoms with E-state index in [0.717, 1.165) is 32.7 Å². The summed E-state index contributed by atoms with van der Waals surface area (Å²) in [6.07, 6.45) is -2.72. The van der Waals surface area contributed by atoms with Crippen molar-refractivity contribution < 1.29 is 22.7 Å². The fourth-order valence-electron chi connectivity index (χ4n) is 5.54. The topological polar surface area (TPSA) is 41.6 Å². The minimum Gasteiger partial charge on any atom is -0.356 e. The van der Waals surface area contributed by atoms with Crippen molar-refractivity contribution in [1.29, 1.82) is 0 Å². The van der Waals surface area contributed by atoms with E-state index in [1.807, 2.05) is 18.2 Å². The van der Waals surface area contributed by atoms with Gasteiger partial charge in [0, 0.05) is 43.2 Å². The molecule has 2 fully saturated rings. The highest BCUT2D eigenvalue weighted by Gasteiger charge is 2.64. The molecule has 1 amide bonds. The number of benzene rings is 2. The van der Waals surface area contributed by atoms with Crippen molar-refractivity contribution in [2.24, 2.45) is 5.41 Å². The lowest BCUT2D eigenvalue weighted by atomic mass is 9.62. The maximum absolute atomic E-state index is 14.4. The molecule has 0 radical (unpaired) electrons. The Hall–Kier alpha value is -2.09. The molecule has 0 aromatic heterocycles. The largest absolute Gasteiger partial charge is 0.430 e. The number of halogens is 4. The normalized spacial score (nSPS) is 22.7. The van der Waals surface area contributed by atoms with Gasteiger partial charge < -0.3 is 15.0 Å². The highest BCUT2D eigenvalue weighted by atomic mass is 35.5. The van der Waals surface area contributed by atoms with Crippen LogP contribution in [-0.2, 0) is 15.1 Å². The molecule has 2 aliphatic rings. The van der Waals surface area contributed by atoms with Crippen LogP contribution in [0.25, 0.3) is 0 Å². The van der Waals surface area contributed by atoms with Gasteiger partial charge >= 0.3 is 6.18 Å². The predicted octanol–water partition coefficient (Wildman–Crippen LogP) is 5.13. The van der Waals surface area contributed by atoms with Crippen LogP contribution in [0.4, 0.5) is 13.2 Å². The highest BCUT2D eigenvalue weighted by Crippen LogP contribution is 2.50. The smallest absolute Gasteiger partial charge is 0.356 e. The highest BCUT2D eigenvalue weighted by molar-refractivity contribution is 6.30. The van der Waals surface area contributed by atoms with Gasteiger partial charge in [-0.25, -0.2) is 0 Å². The number of ether oxygens (including phenoxy) is 1. The number of carbonyl (C=O) groups is 1. The van der Waals surface area contributed by atoms with Crippen LogP contribution in [-0.4, -0.2) is 50.3 Å². The van der Waals surface area contributed by atoms with Gasteiger partial charge in [0.2, 0.25) is 0 Å². The molecule has 1 unspecified atom stereocenters. The first-order chi connectivity index (χ1) is 15.7. The quantitative estimate of drug-likeness (QED) is 0.659. The van der Waals surface area contributed by atoms with Crippen LogP contribution in [0.1, 0.15) is 36.3 Å². The van der Waals surface area contributed by atoms with Gasteiger partial charge in [-0.1, -0.05) is 54.1 Å². The molecule has 178 valence electrons. The summed E-state index contributed by atoms with van der Waals surface area (Å²) in [6, 6.07) is 15.5. The Balaban J connectivity index is 1.61. The van der Waals surface area contributed by atoms with Crippen molar-refractivity contribution in [1.82, 2.24) is 10.2 Å². The van der Waals surface area contributed by atoms with Gasteiger partial charge in [0.05, 0.1) is 0 Å². The molecule has 0 bridgehead atoms. The summed E-state index contributed by atoms with van der Waals surface area (Å²) in [5.41, 5.74) is -2.22. The molecule has 2 aromatic rings. The summed E-state index contributed by atoms with van der Waals surface area (Å²) in [5, 5.41) is 3.57. The molecular weight excluding hydrogens is 453 g/mol. The zero-order chi connectivity index (χ0) is 23.7. The van der Waals surface area contributed by atoms with E-state index in [1.54, 1.807) is 0 Å². The number of methoxy groups -OCH3 is 1. The second-order valence-electron chi connectivity index (χ2n) is 8.97. The minimum atomic E-state index is -4.94. The van der Waals surface area contributed by atoms with E-state index in [1.165, 1.54) is 28.7 Å². The van der Waals surface area contributed by atoms with Crippen LogP contribution < -0.4 is 5.32 Å². The number of rotatable bonds is 4. The van der Waals surface area contributed by atoms with Gasteiger partial charge in [-0.15, -0.1) is 0 Å². The van der Waals surface area contributed by atoms with Crippen LogP contribution >= 0.6 is 11.6 Å². The Morgan fingerprint density at radius 3 is 2.39 bits per heavy atom. The summed E-state index contributed by atoms with van der Waals surface area (Å²) in [7, 11) is 0.927. The first-order valence-electron chi connectivity index (χ1n) is 11.2. The van der Waals surface area contributed by atoms with Crippen molar-refractivity contribution in [3.8, 4) is 0 Å². The number of likely N-dealkylation sites (tertiary alicyclic amines) is 1. The van der Waals surface area contributed by atoms with Crippen LogP contribution in [0, 0.1) is 5.41 Å². The molecule has 0 aliphatic carbocycles. The van der Waals surface area contributed by atoms with Gasteiger partial charge in [-0.05, 0) is 48.9 Å². The standard InChI is InChI=1S/C25H28ClF3N2O2/c1-33-24(25(27,28)29,19-8-5-9-20(26)16-19)22(32)31-14-11-23(12-15-31)10-13-30-17-21(23)18-6-3-2-4-7-18/h2-9,16,21,30H,10-15,17H2,1H3/t21-,24?/m0/s1. The van der Waals surface area contributed by atoms with Gasteiger partial charge in [0.1, 0.15) is 0 Å². The SMILES string of the molecule is COC(C(=O)N1CCC2(CCNC[C@H]2c2ccccc2)CC1)(c1cccc(Cl)c1)C(F)(F)F. The molecular formula is C25H28ClF3N2O2. The van der Waals surface area contributed by atoms with Gasteiger partial charge in [-0.2, -0.15) is 13.2 Å². The maximum atomic E-state index is 14.4. The Morgan fingerprint density at radius 2 is 1.79 bits per heavy atom. The van der Waals surface area contributed by atoms with Crippen molar-refractivity contribution in [3.63, 3.8) is 0 Å². The number of piperidine rings is 2. The number of hydrogen-bond acceptors (Lipinski definition) is 3. The molecule has 8 heteroatoms. The van der Waals surface area contributed by atoms with E-state index in [2.05, 4.69) is 17.4 Å². The van der Waals surface area contributed by atoms with Crippen LogP contribution in [0.5, 0.6) is 0 Å². The third-order valence-corrected chi connectivity index (χ3v) is 7.61. The van der Waals surface area contributed by atoms with E-state index in [0.29, 0.717) is 12.8 Å². The first-order valence-corrected chi connectivity index (χ1v) is 11.5. The Bertz CT molecular complexity index is 977. The molecule has 2 atom stereocenters. The molecule has 2 aromatic carbocycles. The molecule has 2 heterocycles. The maximum Gasteiger partial charge on any atom is 0.430 e. The van der Waals surface area contributed by atoms with Crippen LogP contribution in [0.15, 0.2) is 54.6 Å². The number of amides is 1. The van der Waals surface area contributed by atoms with Crippen molar-refractivity contribution in [3.05, 3.63) is 70.7 Å². The third kappa shape index (κ3) is 4.27. The zero-order valence-corrected chi connectivity index (χ0v) is 19.3. The summed E-state index contributed by atoms with van der Waals surface area (Å²) in [6.45, 7) is 2.20. The molecule has 1 N–H and O–H groups in total. The third-order valence-electron chi connectivity index (χ3n) is 7.37. The summed E-state index contributed by atoms with van der Waals surface area (Å²) in [4.78, 5) is 14.8. The average Bonchev–Trinajstić information content (AvgIpc) is 2.80. The Kier molecular flexibility index (Phi) is 6.76. The lowest BCUT2D eigenvalue weighted by molar-refractivity contribution is -0.271. The van der Waals surface area contributed by atoms with Crippen LogP contribution in [0.3, 0.4) is 0 Å². The fraction of sp³-hybridized carbons (Fsp3) is 0.480. The van der Waals surface area contributed by atoms with E-state index in [4.69, 9.17) is 16.3 Å².